The summed E-state index contributed by atoms with van der Waals surface area (Å²) in [5.41, 5.74) is 1.06. The molecule has 0 spiro atoms. The van der Waals surface area contributed by atoms with E-state index >= 15 is 0 Å². The summed E-state index contributed by atoms with van der Waals surface area (Å²) in [7, 11) is 0. The fourth-order valence-electron chi connectivity index (χ4n) is 1.71. The molecule has 0 amide bonds. The number of benzene rings is 1. The van der Waals surface area contributed by atoms with Gasteiger partial charge in [-0.25, -0.2) is 0 Å². The molecule has 0 aliphatic carbocycles. The smallest absolute Gasteiger partial charge is 0.163 e. The van der Waals surface area contributed by atoms with Gasteiger partial charge in [-0.1, -0.05) is 35.0 Å². The summed E-state index contributed by atoms with van der Waals surface area (Å²) in [4.78, 5) is 0. The summed E-state index contributed by atoms with van der Waals surface area (Å²) in [6, 6.07) is 8.05. The van der Waals surface area contributed by atoms with Crippen LogP contribution < -0.4 is 0 Å². The Kier molecular flexibility index (Phi) is 4.18. The first kappa shape index (κ1) is 12.6. The summed E-state index contributed by atoms with van der Waals surface area (Å²) in [5.74, 6) is 2.10. The molecule has 2 rings (SSSR count). The zero-order valence-corrected chi connectivity index (χ0v) is 11.9. The van der Waals surface area contributed by atoms with Gasteiger partial charge in [-0.05, 0) is 18.6 Å². The van der Waals surface area contributed by atoms with E-state index in [2.05, 4.69) is 37.6 Å². The van der Waals surface area contributed by atoms with E-state index in [-0.39, 0.29) is 0 Å². The highest BCUT2D eigenvalue weighted by Gasteiger charge is 2.11. The minimum atomic E-state index is 0.392. The Morgan fingerprint density at radius 1 is 1.24 bits per heavy atom. The fraction of sp³-hybridized carbons (Fsp3) is 0.333. The van der Waals surface area contributed by atoms with E-state index in [4.69, 9.17) is 11.6 Å². The van der Waals surface area contributed by atoms with Gasteiger partial charge in [0.1, 0.15) is 5.82 Å². The average molecular weight is 315 g/mol. The minimum Gasteiger partial charge on any atom is -0.310 e. The van der Waals surface area contributed by atoms with E-state index in [0.29, 0.717) is 5.88 Å². The Balaban J connectivity index is 2.43. The second-order valence-corrected chi connectivity index (χ2v) is 4.91. The minimum absolute atomic E-state index is 0.392. The highest BCUT2D eigenvalue weighted by atomic mass is 79.9. The Morgan fingerprint density at radius 2 is 1.94 bits per heavy atom. The molecular formula is C12H13BrClN3. The third-order valence-corrected chi connectivity index (χ3v) is 3.26. The van der Waals surface area contributed by atoms with E-state index in [1.807, 2.05) is 24.3 Å². The van der Waals surface area contributed by atoms with Crippen LogP contribution in [0.5, 0.6) is 0 Å². The van der Waals surface area contributed by atoms with Crippen molar-refractivity contribution in [1.29, 1.82) is 0 Å². The number of hydrogen-bond donors (Lipinski definition) is 0. The topological polar surface area (TPSA) is 30.7 Å². The summed E-state index contributed by atoms with van der Waals surface area (Å²) in [5, 5.41) is 8.34. The average Bonchev–Trinajstić information content (AvgIpc) is 2.74. The summed E-state index contributed by atoms with van der Waals surface area (Å²) in [6.45, 7) is 3.02. The van der Waals surface area contributed by atoms with Crippen LogP contribution >= 0.6 is 27.5 Å². The monoisotopic (exact) mass is 313 g/mol. The molecule has 17 heavy (non-hydrogen) atoms. The molecule has 0 saturated carbocycles. The molecule has 0 atom stereocenters. The lowest BCUT2D eigenvalue weighted by Crippen LogP contribution is -2.03. The molecule has 0 unspecified atom stereocenters. The molecule has 0 saturated heterocycles. The van der Waals surface area contributed by atoms with E-state index in [0.717, 1.165) is 34.7 Å². The predicted molar refractivity (Wildman–Crippen MR) is 73.0 cm³/mol. The summed E-state index contributed by atoms with van der Waals surface area (Å²) >= 11 is 9.29. The molecule has 0 aliphatic heterocycles. The number of alkyl halides is 1. The lowest BCUT2D eigenvalue weighted by atomic mass is 10.2. The number of hydrogen-bond acceptors (Lipinski definition) is 2. The van der Waals surface area contributed by atoms with Gasteiger partial charge in [0.05, 0.1) is 5.88 Å². The largest absolute Gasteiger partial charge is 0.310 e. The van der Waals surface area contributed by atoms with Crippen LogP contribution in [0.1, 0.15) is 19.2 Å². The van der Waals surface area contributed by atoms with Crippen molar-refractivity contribution >= 4 is 27.5 Å². The van der Waals surface area contributed by atoms with Gasteiger partial charge < -0.3 is 4.57 Å². The lowest BCUT2D eigenvalue weighted by Gasteiger charge is -2.07. The molecule has 0 aliphatic rings. The van der Waals surface area contributed by atoms with Crippen molar-refractivity contribution in [2.45, 2.75) is 25.8 Å². The van der Waals surface area contributed by atoms with Crippen LogP contribution in [0.25, 0.3) is 11.4 Å². The highest BCUT2D eigenvalue weighted by molar-refractivity contribution is 9.10. The normalized spacial score (nSPS) is 10.8. The van der Waals surface area contributed by atoms with Crippen LogP contribution in [-0.2, 0) is 12.4 Å². The Labute approximate surface area is 114 Å². The second-order valence-electron chi connectivity index (χ2n) is 3.73. The van der Waals surface area contributed by atoms with Gasteiger partial charge in [-0.15, -0.1) is 21.8 Å². The first-order chi connectivity index (χ1) is 8.26. The predicted octanol–water partition coefficient (Wildman–Crippen LogP) is 3.86. The fourth-order valence-corrected chi connectivity index (χ4v) is 2.17. The van der Waals surface area contributed by atoms with Crippen molar-refractivity contribution in [2.75, 3.05) is 0 Å². The lowest BCUT2D eigenvalue weighted by molar-refractivity contribution is 0.659. The first-order valence-corrected chi connectivity index (χ1v) is 6.83. The van der Waals surface area contributed by atoms with Crippen LogP contribution in [0.3, 0.4) is 0 Å². The second kappa shape index (κ2) is 5.65. The van der Waals surface area contributed by atoms with Gasteiger partial charge in [0.15, 0.2) is 5.82 Å². The van der Waals surface area contributed by atoms with Crippen LogP contribution in [0.2, 0.25) is 0 Å². The van der Waals surface area contributed by atoms with Crippen LogP contribution in [0.4, 0.5) is 0 Å². The number of halogens is 2. The molecule has 2 aromatic rings. The van der Waals surface area contributed by atoms with E-state index < -0.39 is 0 Å². The molecule has 1 aromatic heterocycles. The number of aromatic nitrogens is 3. The van der Waals surface area contributed by atoms with Crippen molar-refractivity contribution in [3.8, 4) is 11.4 Å². The van der Waals surface area contributed by atoms with Crippen molar-refractivity contribution < 1.29 is 0 Å². The maximum Gasteiger partial charge on any atom is 0.163 e. The van der Waals surface area contributed by atoms with Gasteiger partial charge in [0.25, 0.3) is 0 Å². The summed E-state index contributed by atoms with van der Waals surface area (Å²) in [6.07, 6.45) is 1.03. The zero-order valence-electron chi connectivity index (χ0n) is 9.53. The Bertz CT molecular complexity index is 493. The summed E-state index contributed by atoms with van der Waals surface area (Å²) < 4.78 is 3.14. The first-order valence-electron chi connectivity index (χ1n) is 5.50. The SMILES string of the molecule is CCCn1c(CCl)nnc1-c1ccc(Br)cc1. The van der Waals surface area contributed by atoms with Crippen molar-refractivity contribution in [3.05, 3.63) is 34.6 Å². The van der Waals surface area contributed by atoms with Gasteiger partial charge in [0, 0.05) is 16.6 Å². The molecular weight excluding hydrogens is 302 g/mol. The van der Waals surface area contributed by atoms with Crippen molar-refractivity contribution in [2.24, 2.45) is 0 Å². The van der Waals surface area contributed by atoms with Gasteiger partial charge >= 0.3 is 0 Å². The van der Waals surface area contributed by atoms with E-state index in [9.17, 15) is 0 Å². The van der Waals surface area contributed by atoms with Gasteiger partial charge in [-0.2, -0.15) is 0 Å². The van der Waals surface area contributed by atoms with E-state index in [1.165, 1.54) is 0 Å². The molecule has 5 heteroatoms. The number of nitrogens with zero attached hydrogens (tertiary/aromatic N) is 3. The quantitative estimate of drug-likeness (QED) is 0.802. The third-order valence-electron chi connectivity index (χ3n) is 2.50. The molecule has 1 heterocycles. The van der Waals surface area contributed by atoms with Crippen LogP contribution in [0, 0.1) is 0 Å². The Hall–Kier alpha value is -0.870. The van der Waals surface area contributed by atoms with Crippen molar-refractivity contribution in [1.82, 2.24) is 14.8 Å². The molecule has 3 nitrogen and oxygen atoms in total. The van der Waals surface area contributed by atoms with Gasteiger partial charge in [0.2, 0.25) is 0 Å². The maximum absolute atomic E-state index is 5.86. The molecule has 0 bridgehead atoms. The molecule has 1 aromatic carbocycles. The standard InChI is InChI=1S/C12H13BrClN3/c1-2-7-17-11(8-14)15-16-12(17)9-3-5-10(13)6-4-9/h3-6H,2,7-8H2,1H3. The molecule has 90 valence electrons. The van der Waals surface area contributed by atoms with Crippen LogP contribution in [0.15, 0.2) is 28.7 Å². The van der Waals surface area contributed by atoms with E-state index in [1.54, 1.807) is 0 Å². The zero-order chi connectivity index (χ0) is 12.3. The maximum atomic E-state index is 5.86. The number of rotatable bonds is 4. The van der Waals surface area contributed by atoms with Gasteiger partial charge in [-0.3, -0.25) is 0 Å². The van der Waals surface area contributed by atoms with Crippen molar-refractivity contribution in [3.63, 3.8) is 0 Å². The highest BCUT2D eigenvalue weighted by Crippen LogP contribution is 2.21. The molecule has 0 N–H and O–H groups in total. The molecule has 0 fully saturated rings. The Morgan fingerprint density at radius 3 is 2.53 bits per heavy atom. The van der Waals surface area contributed by atoms with Crippen LogP contribution in [-0.4, -0.2) is 14.8 Å². The molecule has 0 radical (unpaired) electrons. The third kappa shape index (κ3) is 2.69.